The zero-order valence-electron chi connectivity index (χ0n) is 22.2. The number of halogens is 3. The van der Waals surface area contributed by atoms with Crippen LogP contribution in [0.2, 0.25) is 0 Å². The minimum atomic E-state index is -4.51. The minimum absolute atomic E-state index is 0.0184. The van der Waals surface area contributed by atoms with Crippen LogP contribution in [0.1, 0.15) is 60.1 Å². The van der Waals surface area contributed by atoms with Gasteiger partial charge < -0.3 is 21.1 Å². The van der Waals surface area contributed by atoms with E-state index < -0.39 is 17.6 Å². The van der Waals surface area contributed by atoms with E-state index in [4.69, 9.17) is 16.2 Å². The molecule has 0 atom stereocenters. The fourth-order valence-electron chi connectivity index (χ4n) is 4.92. The zero-order chi connectivity index (χ0) is 29.0. The highest BCUT2D eigenvalue weighted by Gasteiger charge is 2.31. The number of methoxy groups -OCH3 is 1. The van der Waals surface area contributed by atoms with Crippen molar-refractivity contribution in [1.29, 1.82) is 0 Å². The monoisotopic (exact) mass is 557 g/mol. The van der Waals surface area contributed by atoms with Crippen LogP contribution < -0.4 is 16.2 Å². The highest BCUT2D eigenvalue weighted by atomic mass is 19.4. The molecule has 4 N–H and O–H groups in total. The van der Waals surface area contributed by atoms with Crippen LogP contribution in [0, 0.1) is 11.8 Å². The van der Waals surface area contributed by atoms with Gasteiger partial charge in [-0.05, 0) is 56.7 Å². The number of amides is 2. The number of likely N-dealkylation sites (tertiary alicyclic amines) is 1. The second-order valence-electron chi connectivity index (χ2n) is 9.47. The Morgan fingerprint density at radius 1 is 1.20 bits per heavy atom. The summed E-state index contributed by atoms with van der Waals surface area (Å²) in [7, 11) is 1.37. The Balaban J connectivity index is 1.59. The lowest BCUT2D eigenvalue weighted by molar-refractivity contribution is -0.137. The minimum Gasteiger partial charge on any atom is -0.496 e. The van der Waals surface area contributed by atoms with E-state index in [1.807, 2.05) is 0 Å². The predicted molar refractivity (Wildman–Crippen MR) is 141 cm³/mol. The fraction of sp³-hybridized carbons (Fsp3) is 0.407. The van der Waals surface area contributed by atoms with Gasteiger partial charge in [0.1, 0.15) is 22.8 Å². The van der Waals surface area contributed by atoms with Crippen LogP contribution in [0.3, 0.4) is 0 Å². The van der Waals surface area contributed by atoms with Crippen molar-refractivity contribution in [2.24, 2.45) is 5.73 Å². The van der Waals surface area contributed by atoms with Crippen molar-refractivity contribution in [3.05, 3.63) is 47.3 Å². The molecular formula is C27H30F3N7O3. The molecule has 2 amide bonds. The van der Waals surface area contributed by atoms with E-state index in [1.165, 1.54) is 24.1 Å². The number of nitrogens with zero attached hydrogens (tertiary/aromatic N) is 5. The molecule has 0 unspecified atom stereocenters. The second kappa shape index (κ2) is 11.7. The maximum atomic E-state index is 13.3. The van der Waals surface area contributed by atoms with Crippen molar-refractivity contribution in [1.82, 2.24) is 24.5 Å². The molecule has 10 nitrogen and oxygen atoms in total. The number of hydrogen-bond acceptors (Lipinski definition) is 6. The summed E-state index contributed by atoms with van der Waals surface area (Å²) in [5.41, 5.74) is 12.2. The van der Waals surface area contributed by atoms with E-state index in [0.717, 1.165) is 12.1 Å². The summed E-state index contributed by atoms with van der Waals surface area (Å²) in [5, 5.41) is 8.91. The number of nitrogens with two attached hydrogens (primary N) is 2. The van der Waals surface area contributed by atoms with E-state index in [9.17, 15) is 22.8 Å². The lowest BCUT2D eigenvalue weighted by Crippen LogP contribution is -2.34. The Labute approximate surface area is 229 Å². The molecule has 3 aromatic rings. The number of alkyl halides is 3. The van der Waals surface area contributed by atoms with Crippen LogP contribution in [0.4, 0.5) is 19.0 Å². The first-order valence-corrected chi connectivity index (χ1v) is 12.7. The molecule has 0 spiro atoms. The van der Waals surface area contributed by atoms with Gasteiger partial charge in [-0.25, -0.2) is 4.68 Å². The molecule has 3 heterocycles. The third-order valence-corrected chi connectivity index (χ3v) is 6.84. The Bertz CT molecular complexity index is 1460. The number of rotatable bonds is 6. The average Bonchev–Trinajstić information content (AvgIpc) is 3.47. The highest BCUT2D eigenvalue weighted by Crippen LogP contribution is 2.34. The molecule has 1 fully saturated rings. The topological polar surface area (TPSA) is 134 Å². The third kappa shape index (κ3) is 6.06. The summed E-state index contributed by atoms with van der Waals surface area (Å²) in [4.78, 5) is 26.3. The smallest absolute Gasteiger partial charge is 0.416 e. The Morgan fingerprint density at radius 2 is 1.90 bits per heavy atom. The standard InChI is InChI=1S/C27H30F3N7O3/c1-3-6-22(38)35-11-4-7-20(8-5-12-35)37-25(31)23(26(32)39)24(34-37)18-14-33-36(16-18)15-17-13-19(27(28,29)30)9-10-21(17)40-2/h9-10,13-14,16,20H,4-5,7-8,11-12,15,31H2,1-2H3,(H2,32,39). The number of benzene rings is 1. The van der Waals surface area contributed by atoms with Crippen molar-refractivity contribution >= 4 is 17.6 Å². The molecule has 0 bridgehead atoms. The van der Waals surface area contributed by atoms with E-state index in [-0.39, 0.29) is 46.9 Å². The van der Waals surface area contributed by atoms with Crippen molar-refractivity contribution in [3.63, 3.8) is 0 Å². The van der Waals surface area contributed by atoms with Gasteiger partial charge in [0.2, 0.25) is 0 Å². The number of carbonyl (C=O) groups excluding carboxylic acids is 2. The first kappa shape index (κ1) is 28.5. The number of nitrogen functional groups attached to an aromatic ring is 1. The van der Waals surface area contributed by atoms with Gasteiger partial charge in [0.15, 0.2) is 0 Å². The molecule has 1 aliphatic rings. The quantitative estimate of drug-likeness (QED) is 0.446. The van der Waals surface area contributed by atoms with E-state index in [1.54, 1.807) is 22.7 Å². The Morgan fingerprint density at radius 3 is 2.50 bits per heavy atom. The number of carbonyl (C=O) groups is 2. The molecule has 1 aliphatic heterocycles. The van der Waals surface area contributed by atoms with Crippen LogP contribution in [-0.4, -0.2) is 56.5 Å². The van der Waals surface area contributed by atoms with Crippen molar-refractivity contribution in [3.8, 4) is 28.8 Å². The van der Waals surface area contributed by atoms with Crippen LogP contribution in [-0.2, 0) is 17.5 Å². The van der Waals surface area contributed by atoms with Crippen LogP contribution in [0.25, 0.3) is 11.3 Å². The Hall–Kier alpha value is -4.47. The van der Waals surface area contributed by atoms with E-state index in [2.05, 4.69) is 22.0 Å². The molecule has 212 valence electrons. The van der Waals surface area contributed by atoms with Gasteiger partial charge in [0.25, 0.3) is 11.8 Å². The molecule has 40 heavy (non-hydrogen) atoms. The molecule has 1 saturated heterocycles. The lowest BCUT2D eigenvalue weighted by Gasteiger charge is -2.27. The fourth-order valence-corrected chi connectivity index (χ4v) is 4.92. The predicted octanol–water partition coefficient (Wildman–Crippen LogP) is 3.47. The largest absolute Gasteiger partial charge is 0.496 e. The van der Waals surface area contributed by atoms with Gasteiger partial charge in [0, 0.05) is 30.4 Å². The number of ether oxygens (including phenoxy) is 1. The summed E-state index contributed by atoms with van der Waals surface area (Å²) >= 11 is 0. The maximum Gasteiger partial charge on any atom is 0.416 e. The molecule has 13 heteroatoms. The number of primary amides is 1. The first-order valence-electron chi connectivity index (χ1n) is 12.7. The molecule has 0 aliphatic carbocycles. The zero-order valence-corrected chi connectivity index (χ0v) is 22.2. The van der Waals surface area contributed by atoms with Crippen LogP contribution in [0.5, 0.6) is 5.75 Å². The van der Waals surface area contributed by atoms with Gasteiger partial charge in [0.05, 0.1) is 31.5 Å². The molecule has 4 rings (SSSR count). The van der Waals surface area contributed by atoms with Gasteiger partial charge >= 0.3 is 6.18 Å². The van der Waals surface area contributed by atoms with Crippen LogP contribution in [0.15, 0.2) is 30.6 Å². The summed E-state index contributed by atoms with van der Waals surface area (Å²) in [6.45, 7) is 2.70. The summed E-state index contributed by atoms with van der Waals surface area (Å²) in [6, 6.07) is 3.11. The van der Waals surface area contributed by atoms with Gasteiger partial charge in [-0.2, -0.15) is 23.4 Å². The Kier molecular flexibility index (Phi) is 8.37. The van der Waals surface area contributed by atoms with Crippen molar-refractivity contribution in [2.75, 3.05) is 25.9 Å². The van der Waals surface area contributed by atoms with Gasteiger partial charge in [-0.15, -0.1) is 0 Å². The second-order valence-corrected chi connectivity index (χ2v) is 9.47. The molecule has 0 radical (unpaired) electrons. The number of anilines is 1. The van der Waals surface area contributed by atoms with E-state index >= 15 is 0 Å². The lowest BCUT2D eigenvalue weighted by atomic mass is 10.0. The third-order valence-electron chi connectivity index (χ3n) is 6.84. The molecule has 0 saturated carbocycles. The summed E-state index contributed by atoms with van der Waals surface area (Å²) in [5.74, 6) is 4.66. The van der Waals surface area contributed by atoms with Crippen molar-refractivity contribution in [2.45, 2.75) is 51.4 Å². The summed E-state index contributed by atoms with van der Waals surface area (Å²) in [6.07, 6.45) is 1.23. The van der Waals surface area contributed by atoms with E-state index in [0.29, 0.717) is 44.3 Å². The molecule has 1 aromatic carbocycles. The average molecular weight is 558 g/mol. The molecule has 2 aromatic heterocycles. The number of hydrogen-bond donors (Lipinski definition) is 2. The van der Waals surface area contributed by atoms with Crippen LogP contribution >= 0.6 is 0 Å². The normalized spacial score (nSPS) is 14.7. The summed E-state index contributed by atoms with van der Waals surface area (Å²) < 4.78 is 48.1. The highest BCUT2D eigenvalue weighted by molar-refractivity contribution is 6.03. The first-order chi connectivity index (χ1) is 19.0. The number of aromatic nitrogens is 4. The molecular weight excluding hydrogens is 527 g/mol. The van der Waals surface area contributed by atoms with Gasteiger partial charge in [-0.3, -0.25) is 14.3 Å². The van der Waals surface area contributed by atoms with Crippen molar-refractivity contribution < 1.29 is 27.5 Å². The maximum absolute atomic E-state index is 13.3. The SMILES string of the molecule is CC#CC(=O)N1CCCC(n2nc(-c3cnn(Cc4cc(C(F)(F)F)ccc4OC)c3)c(C(N)=O)c2N)CCC1. The van der Waals surface area contributed by atoms with Gasteiger partial charge in [-0.1, -0.05) is 5.92 Å².